The van der Waals surface area contributed by atoms with Crippen LogP contribution in [0.4, 0.5) is 0 Å². The van der Waals surface area contributed by atoms with E-state index in [2.05, 4.69) is 0 Å². The lowest BCUT2D eigenvalue weighted by Crippen LogP contribution is -1.91. The minimum Gasteiger partial charge on any atom is -0.496 e. The van der Waals surface area contributed by atoms with E-state index < -0.39 is 0 Å². The molecule has 1 aromatic heterocycles. The molecular formula is C11H10O3. The zero-order valence-electron chi connectivity index (χ0n) is 8.03. The van der Waals surface area contributed by atoms with Crippen molar-refractivity contribution >= 4 is 16.8 Å². The van der Waals surface area contributed by atoms with E-state index in [1.54, 1.807) is 7.11 Å². The molecule has 14 heavy (non-hydrogen) atoms. The van der Waals surface area contributed by atoms with Gasteiger partial charge in [-0.05, 0) is 19.1 Å². The number of methoxy groups -OCH3 is 1. The fraction of sp³-hybridized carbons (Fsp3) is 0.182. The maximum Gasteiger partial charge on any atom is 0.163 e. The van der Waals surface area contributed by atoms with E-state index in [-0.39, 0.29) is 5.78 Å². The summed E-state index contributed by atoms with van der Waals surface area (Å²) in [5.41, 5.74) is 1.24. The van der Waals surface area contributed by atoms with Gasteiger partial charge in [-0.25, -0.2) is 0 Å². The Bertz CT molecular complexity index is 482. The van der Waals surface area contributed by atoms with E-state index >= 15 is 0 Å². The van der Waals surface area contributed by atoms with E-state index in [9.17, 15) is 4.79 Å². The summed E-state index contributed by atoms with van der Waals surface area (Å²) in [5, 5.41) is 0.752. The van der Waals surface area contributed by atoms with Crippen LogP contribution in [0.2, 0.25) is 0 Å². The van der Waals surface area contributed by atoms with Crippen LogP contribution in [0.1, 0.15) is 17.3 Å². The third kappa shape index (κ3) is 1.18. The highest BCUT2D eigenvalue weighted by molar-refractivity contribution is 6.08. The number of Topliss-reactive ketones (excluding diaryl/α,β-unsaturated/α-hetero) is 1. The molecule has 0 fully saturated rings. The van der Waals surface area contributed by atoms with E-state index in [1.807, 2.05) is 18.2 Å². The molecule has 1 aromatic carbocycles. The maximum absolute atomic E-state index is 11.3. The number of hydrogen-bond donors (Lipinski definition) is 0. The number of benzene rings is 1. The van der Waals surface area contributed by atoms with Crippen molar-refractivity contribution in [2.75, 3.05) is 7.11 Å². The third-order valence-corrected chi connectivity index (χ3v) is 2.16. The first-order chi connectivity index (χ1) is 6.74. The maximum atomic E-state index is 11.3. The molecule has 0 N–H and O–H groups in total. The minimum absolute atomic E-state index is 0.0201. The fourth-order valence-corrected chi connectivity index (χ4v) is 1.49. The Morgan fingerprint density at radius 3 is 2.86 bits per heavy atom. The van der Waals surface area contributed by atoms with Crippen LogP contribution in [0, 0.1) is 0 Å². The first-order valence-corrected chi connectivity index (χ1v) is 4.29. The van der Waals surface area contributed by atoms with Crippen molar-refractivity contribution in [3.8, 4) is 5.75 Å². The van der Waals surface area contributed by atoms with Crippen LogP contribution in [0.25, 0.3) is 11.0 Å². The summed E-state index contributed by atoms with van der Waals surface area (Å²) in [6.07, 6.45) is 1.47. The SMILES string of the molecule is COc1cccc2occ(C(C)=O)c12. The molecule has 0 amide bonds. The average Bonchev–Trinajstić information content (AvgIpc) is 2.60. The Labute approximate surface area is 81.3 Å². The van der Waals surface area contributed by atoms with Crippen molar-refractivity contribution in [3.63, 3.8) is 0 Å². The molecule has 0 aliphatic heterocycles. The molecule has 2 aromatic rings. The second kappa shape index (κ2) is 3.18. The van der Waals surface area contributed by atoms with Crippen LogP contribution in [-0.4, -0.2) is 12.9 Å². The van der Waals surface area contributed by atoms with Gasteiger partial charge in [0.1, 0.15) is 17.6 Å². The summed E-state index contributed by atoms with van der Waals surface area (Å²) in [6, 6.07) is 5.45. The number of fused-ring (bicyclic) bond motifs is 1. The van der Waals surface area contributed by atoms with E-state index in [1.165, 1.54) is 13.2 Å². The summed E-state index contributed by atoms with van der Waals surface area (Å²) in [7, 11) is 1.58. The molecule has 0 aliphatic rings. The molecule has 72 valence electrons. The topological polar surface area (TPSA) is 39.4 Å². The van der Waals surface area contributed by atoms with Crippen LogP contribution in [0.3, 0.4) is 0 Å². The van der Waals surface area contributed by atoms with Crippen molar-refractivity contribution < 1.29 is 13.9 Å². The molecule has 2 rings (SSSR count). The molecule has 0 spiro atoms. The molecule has 0 radical (unpaired) electrons. The predicted molar refractivity (Wildman–Crippen MR) is 52.8 cm³/mol. The van der Waals surface area contributed by atoms with Crippen LogP contribution in [-0.2, 0) is 0 Å². The van der Waals surface area contributed by atoms with Gasteiger partial charge in [0, 0.05) is 0 Å². The van der Waals surface area contributed by atoms with Gasteiger partial charge in [0.15, 0.2) is 5.78 Å². The van der Waals surface area contributed by atoms with Gasteiger partial charge in [0.2, 0.25) is 0 Å². The van der Waals surface area contributed by atoms with Gasteiger partial charge in [-0.1, -0.05) is 6.07 Å². The number of carbonyl (C=O) groups is 1. The van der Waals surface area contributed by atoms with E-state index in [0.717, 1.165) is 5.39 Å². The highest BCUT2D eigenvalue weighted by atomic mass is 16.5. The number of ketones is 1. The van der Waals surface area contributed by atoms with E-state index in [4.69, 9.17) is 9.15 Å². The quantitative estimate of drug-likeness (QED) is 0.683. The van der Waals surface area contributed by atoms with Gasteiger partial charge in [0.25, 0.3) is 0 Å². The lowest BCUT2D eigenvalue weighted by Gasteiger charge is -2.00. The third-order valence-electron chi connectivity index (χ3n) is 2.16. The number of ether oxygens (including phenoxy) is 1. The normalized spacial score (nSPS) is 10.4. The van der Waals surface area contributed by atoms with Gasteiger partial charge in [-0.3, -0.25) is 4.79 Å². The second-order valence-corrected chi connectivity index (χ2v) is 3.04. The molecule has 0 atom stereocenters. The largest absolute Gasteiger partial charge is 0.496 e. The summed E-state index contributed by atoms with van der Waals surface area (Å²) >= 11 is 0. The van der Waals surface area contributed by atoms with Crippen LogP contribution >= 0.6 is 0 Å². The molecule has 3 heteroatoms. The zero-order valence-corrected chi connectivity index (χ0v) is 8.03. The highest BCUT2D eigenvalue weighted by Crippen LogP contribution is 2.30. The van der Waals surface area contributed by atoms with Crippen LogP contribution < -0.4 is 4.74 Å². The summed E-state index contributed by atoms with van der Waals surface area (Å²) < 4.78 is 10.4. The second-order valence-electron chi connectivity index (χ2n) is 3.04. The number of hydrogen-bond acceptors (Lipinski definition) is 3. The van der Waals surface area contributed by atoms with Gasteiger partial charge >= 0.3 is 0 Å². The summed E-state index contributed by atoms with van der Waals surface area (Å²) in [5.74, 6) is 0.648. The number of carbonyl (C=O) groups excluding carboxylic acids is 1. The van der Waals surface area contributed by atoms with Crippen molar-refractivity contribution in [1.82, 2.24) is 0 Å². The molecule has 1 heterocycles. The Kier molecular flexibility index (Phi) is 2.00. The lowest BCUT2D eigenvalue weighted by molar-refractivity contribution is 0.101. The number of furan rings is 1. The van der Waals surface area contributed by atoms with Crippen molar-refractivity contribution in [3.05, 3.63) is 30.0 Å². The van der Waals surface area contributed by atoms with Gasteiger partial charge in [0.05, 0.1) is 18.1 Å². The lowest BCUT2D eigenvalue weighted by atomic mass is 10.1. The average molecular weight is 190 g/mol. The van der Waals surface area contributed by atoms with Gasteiger partial charge in [-0.2, -0.15) is 0 Å². The fourth-order valence-electron chi connectivity index (χ4n) is 1.49. The Balaban J connectivity index is 2.81. The van der Waals surface area contributed by atoms with E-state index in [0.29, 0.717) is 16.9 Å². The molecule has 0 aliphatic carbocycles. The summed E-state index contributed by atoms with van der Waals surface area (Å²) in [6.45, 7) is 1.51. The highest BCUT2D eigenvalue weighted by Gasteiger charge is 2.13. The van der Waals surface area contributed by atoms with Crippen LogP contribution in [0.15, 0.2) is 28.9 Å². The molecule has 0 bridgehead atoms. The smallest absolute Gasteiger partial charge is 0.163 e. The van der Waals surface area contributed by atoms with Gasteiger partial charge in [-0.15, -0.1) is 0 Å². The first-order valence-electron chi connectivity index (χ1n) is 4.29. The molecule has 0 saturated heterocycles. The van der Waals surface area contributed by atoms with Crippen molar-refractivity contribution in [2.45, 2.75) is 6.92 Å². The Morgan fingerprint density at radius 2 is 2.21 bits per heavy atom. The minimum atomic E-state index is -0.0201. The van der Waals surface area contributed by atoms with Crippen LogP contribution in [0.5, 0.6) is 5.75 Å². The molecular weight excluding hydrogens is 180 g/mol. The zero-order chi connectivity index (χ0) is 10.1. The monoisotopic (exact) mass is 190 g/mol. The Morgan fingerprint density at radius 1 is 1.43 bits per heavy atom. The standard InChI is InChI=1S/C11H10O3/c1-7(12)8-6-14-10-5-3-4-9(13-2)11(8)10/h3-6H,1-2H3. The van der Waals surface area contributed by atoms with Crippen molar-refractivity contribution in [2.24, 2.45) is 0 Å². The molecule has 0 saturated carbocycles. The van der Waals surface area contributed by atoms with Gasteiger partial charge < -0.3 is 9.15 Å². The Hall–Kier alpha value is -1.77. The summed E-state index contributed by atoms with van der Waals surface area (Å²) in [4.78, 5) is 11.3. The number of rotatable bonds is 2. The molecule has 0 unspecified atom stereocenters. The predicted octanol–water partition coefficient (Wildman–Crippen LogP) is 2.64. The molecule has 3 nitrogen and oxygen atoms in total. The first kappa shape index (κ1) is 8.81. The van der Waals surface area contributed by atoms with Crippen molar-refractivity contribution in [1.29, 1.82) is 0 Å².